The molecule has 0 aliphatic heterocycles. The highest BCUT2D eigenvalue weighted by Crippen LogP contribution is 2.40. The summed E-state index contributed by atoms with van der Waals surface area (Å²) in [4.78, 5) is 0. The molecule has 0 fully saturated rings. The zero-order valence-corrected chi connectivity index (χ0v) is 11.7. The Bertz CT molecular complexity index is 674. The highest BCUT2D eigenvalue weighted by Gasteiger charge is 2.53. The second-order valence-electron chi connectivity index (χ2n) is 5.02. The van der Waals surface area contributed by atoms with Gasteiger partial charge in [0.15, 0.2) is 0 Å². The van der Waals surface area contributed by atoms with Gasteiger partial charge in [0.1, 0.15) is 5.82 Å². The minimum atomic E-state index is -4.88. The number of hydrogen-bond donors (Lipinski definition) is 1. The Hall–Kier alpha value is -2.14. The van der Waals surface area contributed by atoms with Crippen molar-refractivity contribution >= 4 is 6.08 Å². The van der Waals surface area contributed by atoms with Gasteiger partial charge in [0.25, 0.3) is 0 Å². The fourth-order valence-electron chi connectivity index (χ4n) is 2.03. The first-order valence-corrected chi connectivity index (χ1v) is 6.53. The van der Waals surface area contributed by atoms with Crippen molar-refractivity contribution < 1.29 is 22.7 Å². The molecule has 0 heterocycles. The number of alkyl halides is 3. The van der Waals surface area contributed by atoms with Gasteiger partial charge in [-0.2, -0.15) is 13.2 Å². The first-order chi connectivity index (χ1) is 10.2. The van der Waals surface area contributed by atoms with Crippen molar-refractivity contribution in [2.75, 3.05) is 0 Å². The predicted octanol–water partition coefficient (Wildman–Crippen LogP) is 4.60. The lowest BCUT2D eigenvalue weighted by atomic mass is 9.91. The van der Waals surface area contributed by atoms with E-state index in [0.29, 0.717) is 17.2 Å². The molecule has 116 valence electrons. The average molecular weight is 310 g/mol. The zero-order chi connectivity index (χ0) is 16.4. The van der Waals surface area contributed by atoms with E-state index in [-0.39, 0.29) is 5.56 Å². The molecule has 0 bridgehead atoms. The van der Waals surface area contributed by atoms with Gasteiger partial charge in [0.2, 0.25) is 5.60 Å². The van der Waals surface area contributed by atoms with Crippen molar-refractivity contribution in [2.45, 2.75) is 18.7 Å². The van der Waals surface area contributed by atoms with E-state index in [4.69, 9.17) is 0 Å². The van der Waals surface area contributed by atoms with Crippen LogP contribution in [-0.2, 0) is 5.60 Å². The summed E-state index contributed by atoms with van der Waals surface area (Å²) >= 11 is 0. The monoisotopic (exact) mass is 310 g/mol. The molecule has 0 spiro atoms. The molecule has 22 heavy (non-hydrogen) atoms. The summed E-state index contributed by atoms with van der Waals surface area (Å²) < 4.78 is 52.8. The zero-order valence-electron chi connectivity index (χ0n) is 11.7. The number of rotatable bonds is 3. The minimum Gasteiger partial charge on any atom is -0.373 e. The summed E-state index contributed by atoms with van der Waals surface area (Å²) in [6.45, 7) is 1.64. The molecule has 1 N–H and O–H groups in total. The minimum absolute atomic E-state index is 0.265. The number of hydrogen-bond acceptors (Lipinski definition) is 1. The third kappa shape index (κ3) is 3.36. The van der Waals surface area contributed by atoms with Gasteiger partial charge in [-0.15, -0.1) is 0 Å². The molecule has 5 heteroatoms. The molecular weight excluding hydrogens is 296 g/mol. The Morgan fingerprint density at radius 2 is 1.64 bits per heavy atom. The van der Waals surface area contributed by atoms with E-state index in [1.54, 1.807) is 13.0 Å². The molecule has 2 aromatic carbocycles. The molecule has 0 saturated carbocycles. The van der Waals surface area contributed by atoms with Gasteiger partial charge in [-0.05, 0) is 36.3 Å². The number of benzene rings is 2. The third-order valence-corrected chi connectivity index (χ3v) is 3.28. The fraction of sp³-hybridized carbons (Fsp3) is 0.176. The van der Waals surface area contributed by atoms with Gasteiger partial charge in [0.05, 0.1) is 0 Å². The summed E-state index contributed by atoms with van der Waals surface area (Å²) in [5.41, 5.74) is -2.40. The van der Waals surface area contributed by atoms with Crippen LogP contribution >= 0.6 is 0 Å². The van der Waals surface area contributed by atoms with Crippen molar-refractivity contribution in [3.05, 3.63) is 77.1 Å². The maximum Gasteiger partial charge on any atom is 0.425 e. The Morgan fingerprint density at radius 1 is 1.00 bits per heavy atom. The molecule has 2 rings (SSSR count). The van der Waals surface area contributed by atoms with Gasteiger partial charge < -0.3 is 5.11 Å². The summed E-state index contributed by atoms with van der Waals surface area (Å²) in [7, 11) is 0. The van der Waals surface area contributed by atoms with E-state index < -0.39 is 17.6 Å². The van der Waals surface area contributed by atoms with E-state index in [0.717, 1.165) is 18.2 Å². The van der Waals surface area contributed by atoms with Gasteiger partial charge in [-0.3, -0.25) is 0 Å². The van der Waals surface area contributed by atoms with Gasteiger partial charge in [-0.25, -0.2) is 4.39 Å². The van der Waals surface area contributed by atoms with Crippen LogP contribution in [-0.4, -0.2) is 11.3 Å². The highest BCUT2D eigenvalue weighted by atomic mass is 19.4. The highest BCUT2D eigenvalue weighted by molar-refractivity contribution is 5.52. The van der Waals surface area contributed by atoms with E-state index in [9.17, 15) is 22.7 Å². The first-order valence-electron chi connectivity index (χ1n) is 6.53. The second kappa shape index (κ2) is 5.93. The summed E-state index contributed by atoms with van der Waals surface area (Å²) in [5, 5.41) is 10.2. The van der Waals surface area contributed by atoms with E-state index in [1.165, 1.54) is 30.3 Å². The van der Waals surface area contributed by atoms with Crippen LogP contribution in [0.4, 0.5) is 17.6 Å². The normalized spacial score (nSPS) is 15.0. The van der Waals surface area contributed by atoms with Crippen molar-refractivity contribution in [1.29, 1.82) is 0 Å². The molecule has 0 aliphatic carbocycles. The van der Waals surface area contributed by atoms with Crippen LogP contribution in [0, 0.1) is 12.7 Å². The lowest BCUT2D eigenvalue weighted by Crippen LogP contribution is -2.40. The molecular formula is C17H14F4O. The van der Waals surface area contributed by atoms with Crippen LogP contribution in [0.2, 0.25) is 0 Å². The Balaban J connectivity index is 2.44. The van der Waals surface area contributed by atoms with Crippen LogP contribution in [0.1, 0.15) is 16.7 Å². The van der Waals surface area contributed by atoms with Gasteiger partial charge in [-0.1, -0.05) is 48.0 Å². The van der Waals surface area contributed by atoms with Crippen LogP contribution in [0.5, 0.6) is 0 Å². The number of halogens is 4. The van der Waals surface area contributed by atoms with E-state index in [2.05, 4.69) is 0 Å². The number of aryl methyl sites for hydroxylation is 1. The molecule has 0 amide bonds. The van der Waals surface area contributed by atoms with Crippen molar-refractivity contribution in [1.82, 2.24) is 0 Å². The van der Waals surface area contributed by atoms with Crippen LogP contribution in [0.15, 0.2) is 54.6 Å². The maximum atomic E-state index is 13.3. The standard InChI is InChI=1S/C17H14F4O/c1-12-3-2-4-14(11-12)16(22,17(19,20)21)10-9-13-5-7-15(18)8-6-13/h2-11,22H,1H3. The van der Waals surface area contributed by atoms with Crippen molar-refractivity contribution in [3.8, 4) is 0 Å². The molecule has 0 radical (unpaired) electrons. The SMILES string of the molecule is Cc1cccc(C(O)(C=Cc2ccc(F)cc2)C(F)(F)F)c1. The van der Waals surface area contributed by atoms with E-state index in [1.807, 2.05) is 0 Å². The summed E-state index contributed by atoms with van der Waals surface area (Å²) in [6.07, 6.45) is -3.08. The van der Waals surface area contributed by atoms with Gasteiger partial charge >= 0.3 is 6.18 Å². The lowest BCUT2D eigenvalue weighted by molar-refractivity contribution is -0.244. The summed E-state index contributed by atoms with van der Waals surface area (Å²) in [6, 6.07) is 10.5. The topological polar surface area (TPSA) is 20.2 Å². The van der Waals surface area contributed by atoms with Gasteiger partial charge in [0, 0.05) is 0 Å². The Kier molecular flexibility index (Phi) is 4.37. The Labute approximate surface area is 125 Å². The predicted molar refractivity (Wildman–Crippen MR) is 76.6 cm³/mol. The van der Waals surface area contributed by atoms with Crippen LogP contribution in [0.3, 0.4) is 0 Å². The largest absolute Gasteiger partial charge is 0.425 e. The first kappa shape index (κ1) is 16.2. The fourth-order valence-corrected chi connectivity index (χ4v) is 2.03. The molecule has 0 aliphatic rings. The quantitative estimate of drug-likeness (QED) is 0.822. The maximum absolute atomic E-state index is 13.3. The second-order valence-corrected chi connectivity index (χ2v) is 5.02. The molecule has 1 unspecified atom stereocenters. The molecule has 0 saturated heterocycles. The van der Waals surface area contributed by atoms with E-state index >= 15 is 0 Å². The molecule has 2 aromatic rings. The molecule has 1 nitrogen and oxygen atoms in total. The third-order valence-electron chi connectivity index (χ3n) is 3.28. The van der Waals surface area contributed by atoms with Crippen molar-refractivity contribution in [3.63, 3.8) is 0 Å². The smallest absolute Gasteiger partial charge is 0.373 e. The molecule has 0 aromatic heterocycles. The molecule has 1 atom stereocenters. The summed E-state index contributed by atoms with van der Waals surface area (Å²) in [5.74, 6) is -0.484. The average Bonchev–Trinajstić information content (AvgIpc) is 2.45. The van der Waals surface area contributed by atoms with Crippen LogP contribution < -0.4 is 0 Å². The van der Waals surface area contributed by atoms with Crippen LogP contribution in [0.25, 0.3) is 6.08 Å². The Morgan fingerprint density at radius 3 is 2.18 bits per heavy atom. The lowest BCUT2D eigenvalue weighted by Gasteiger charge is -2.28. The number of aliphatic hydroxyl groups is 1. The van der Waals surface area contributed by atoms with Crippen molar-refractivity contribution in [2.24, 2.45) is 0 Å².